The molecule has 1 atom stereocenters. The molecule has 2 aliphatic rings. The van der Waals surface area contributed by atoms with Crippen LogP contribution in [0.5, 0.6) is 0 Å². The summed E-state index contributed by atoms with van der Waals surface area (Å²) in [7, 11) is 0. The third-order valence-corrected chi connectivity index (χ3v) is 6.51. The van der Waals surface area contributed by atoms with Gasteiger partial charge in [0.05, 0.1) is 12.6 Å². The van der Waals surface area contributed by atoms with Crippen LogP contribution in [0.2, 0.25) is 0 Å². The first kappa shape index (κ1) is 22.9. The maximum absolute atomic E-state index is 13.2. The first-order valence-electron chi connectivity index (χ1n) is 11.9. The molecule has 0 spiro atoms. The van der Waals surface area contributed by atoms with Gasteiger partial charge in [0.1, 0.15) is 5.71 Å². The Hall–Kier alpha value is -3.85. The quantitative estimate of drug-likeness (QED) is 0.547. The Labute approximate surface area is 204 Å². The van der Waals surface area contributed by atoms with Gasteiger partial charge in [0.2, 0.25) is 17.6 Å². The Morgan fingerprint density at radius 2 is 1.66 bits per heavy atom. The smallest absolute Gasteiger partial charge is 0.270 e. The third kappa shape index (κ3) is 5.14. The van der Waals surface area contributed by atoms with Crippen molar-refractivity contribution in [2.24, 2.45) is 5.10 Å². The molecule has 0 bridgehead atoms. The van der Waals surface area contributed by atoms with Crippen molar-refractivity contribution in [3.63, 3.8) is 0 Å². The highest BCUT2D eigenvalue weighted by molar-refractivity contribution is 6.39. The number of aromatic nitrogens is 2. The maximum atomic E-state index is 13.2. The molecule has 2 aromatic carbocycles. The van der Waals surface area contributed by atoms with Crippen LogP contribution in [-0.4, -0.2) is 68.7 Å². The van der Waals surface area contributed by atoms with Crippen LogP contribution in [0.15, 0.2) is 70.3 Å². The van der Waals surface area contributed by atoms with E-state index in [4.69, 9.17) is 4.52 Å². The average molecular weight is 473 g/mol. The molecule has 3 heterocycles. The fraction of sp³-hybridized carbons (Fsp3) is 0.346. The summed E-state index contributed by atoms with van der Waals surface area (Å²) in [4.78, 5) is 34.2. The van der Waals surface area contributed by atoms with Crippen LogP contribution in [0.1, 0.15) is 37.3 Å². The Bertz CT molecular complexity index is 1200. The molecule has 2 amide bonds. The standard InChI is InChI=1S/C26H28N6O3/c1-19(25-27-24(29-35-25)21-10-6-3-7-11-21)30-14-16-31(17-15-30)26(34)22-12-13-23(33)32(28-22)18-20-8-4-2-5-9-20/h2-11,19H,12-18H2,1H3. The number of piperazine rings is 1. The molecule has 1 unspecified atom stereocenters. The molecule has 0 N–H and O–H groups in total. The van der Waals surface area contributed by atoms with Crippen LogP contribution >= 0.6 is 0 Å². The minimum Gasteiger partial charge on any atom is -0.337 e. The highest BCUT2D eigenvalue weighted by atomic mass is 16.5. The highest BCUT2D eigenvalue weighted by Crippen LogP contribution is 2.24. The molecule has 1 saturated heterocycles. The van der Waals surface area contributed by atoms with E-state index in [1.165, 1.54) is 5.01 Å². The van der Waals surface area contributed by atoms with E-state index in [0.717, 1.165) is 11.1 Å². The molecule has 180 valence electrons. The third-order valence-electron chi connectivity index (χ3n) is 6.51. The monoisotopic (exact) mass is 472 g/mol. The summed E-state index contributed by atoms with van der Waals surface area (Å²) < 4.78 is 5.53. The molecule has 5 rings (SSSR count). The van der Waals surface area contributed by atoms with E-state index in [-0.39, 0.29) is 17.9 Å². The largest absolute Gasteiger partial charge is 0.337 e. The Morgan fingerprint density at radius 3 is 2.37 bits per heavy atom. The van der Waals surface area contributed by atoms with E-state index >= 15 is 0 Å². The summed E-state index contributed by atoms with van der Waals surface area (Å²) in [5, 5.41) is 9.97. The molecule has 9 nitrogen and oxygen atoms in total. The molecule has 1 aromatic heterocycles. The number of benzene rings is 2. The van der Waals surface area contributed by atoms with Crippen molar-refractivity contribution >= 4 is 17.5 Å². The number of carbonyl (C=O) groups excluding carboxylic acids is 2. The molecular formula is C26H28N6O3. The fourth-order valence-corrected chi connectivity index (χ4v) is 4.40. The number of hydrogen-bond donors (Lipinski definition) is 0. The second-order valence-corrected chi connectivity index (χ2v) is 8.81. The molecule has 2 aliphatic heterocycles. The van der Waals surface area contributed by atoms with E-state index in [9.17, 15) is 9.59 Å². The molecule has 1 fully saturated rings. The lowest BCUT2D eigenvalue weighted by molar-refractivity contribution is -0.132. The van der Waals surface area contributed by atoms with Gasteiger partial charge >= 0.3 is 0 Å². The van der Waals surface area contributed by atoms with Gasteiger partial charge in [-0.05, 0) is 12.5 Å². The topological polar surface area (TPSA) is 95.1 Å². The van der Waals surface area contributed by atoms with Crippen LogP contribution in [0, 0.1) is 0 Å². The van der Waals surface area contributed by atoms with E-state index in [0.29, 0.717) is 63.0 Å². The number of nitrogens with zero attached hydrogens (tertiary/aromatic N) is 6. The van der Waals surface area contributed by atoms with Crippen molar-refractivity contribution < 1.29 is 14.1 Å². The first-order valence-corrected chi connectivity index (χ1v) is 11.9. The van der Waals surface area contributed by atoms with Crippen molar-refractivity contribution in [3.8, 4) is 11.4 Å². The van der Waals surface area contributed by atoms with Gasteiger partial charge in [-0.1, -0.05) is 65.8 Å². The average Bonchev–Trinajstić information content (AvgIpc) is 3.41. The number of carbonyl (C=O) groups is 2. The van der Waals surface area contributed by atoms with E-state index in [1.807, 2.05) is 72.5 Å². The predicted octanol–water partition coefficient (Wildman–Crippen LogP) is 3.12. The molecule has 0 saturated carbocycles. The van der Waals surface area contributed by atoms with Crippen LogP contribution in [0.3, 0.4) is 0 Å². The number of hydrogen-bond acceptors (Lipinski definition) is 7. The molecule has 35 heavy (non-hydrogen) atoms. The number of rotatable bonds is 6. The van der Waals surface area contributed by atoms with Gasteiger partial charge in [0.15, 0.2) is 0 Å². The van der Waals surface area contributed by atoms with Crippen LogP contribution in [-0.2, 0) is 16.1 Å². The summed E-state index contributed by atoms with van der Waals surface area (Å²) >= 11 is 0. The van der Waals surface area contributed by atoms with Crippen molar-refractivity contribution in [2.45, 2.75) is 32.4 Å². The Morgan fingerprint density at radius 1 is 0.971 bits per heavy atom. The summed E-state index contributed by atoms with van der Waals surface area (Å²) in [5.41, 5.74) is 2.35. The molecule has 0 radical (unpaired) electrons. The summed E-state index contributed by atoms with van der Waals surface area (Å²) in [5.74, 6) is 0.993. The Kier molecular flexibility index (Phi) is 6.67. The molecule has 9 heteroatoms. The van der Waals surface area contributed by atoms with Gasteiger partial charge in [-0.2, -0.15) is 10.1 Å². The minimum absolute atomic E-state index is 0.0526. The molecular weight excluding hydrogens is 444 g/mol. The zero-order valence-corrected chi connectivity index (χ0v) is 19.7. The summed E-state index contributed by atoms with van der Waals surface area (Å²) in [6.07, 6.45) is 0.680. The van der Waals surface area contributed by atoms with Gasteiger partial charge in [0, 0.05) is 44.6 Å². The lowest BCUT2D eigenvalue weighted by Gasteiger charge is -2.37. The van der Waals surface area contributed by atoms with Crippen LogP contribution in [0.25, 0.3) is 11.4 Å². The SMILES string of the molecule is CC(c1nc(-c2ccccc2)no1)N1CCN(C(=O)C2=NN(Cc3ccccc3)C(=O)CC2)CC1. The van der Waals surface area contributed by atoms with E-state index in [1.54, 1.807) is 0 Å². The summed E-state index contributed by atoms with van der Waals surface area (Å²) in [6.45, 7) is 4.95. The first-order chi connectivity index (χ1) is 17.1. The van der Waals surface area contributed by atoms with Gasteiger partial charge in [-0.25, -0.2) is 5.01 Å². The van der Waals surface area contributed by atoms with Crippen molar-refractivity contribution in [2.75, 3.05) is 26.2 Å². The minimum atomic E-state index is -0.0907. The van der Waals surface area contributed by atoms with Gasteiger partial charge in [-0.15, -0.1) is 0 Å². The van der Waals surface area contributed by atoms with Gasteiger partial charge in [0.25, 0.3) is 5.91 Å². The van der Waals surface area contributed by atoms with E-state index < -0.39 is 0 Å². The van der Waals surface area contributed by atoms with Crippen molar-refractivity contribution in [3.05, 3.63) is 72.1 Å². The van der Waals surface area contributed by atoms with Crippen molar-refractivity contribution in [1.29, 1.82) is 0 Å². The van der Waals surface area contributed by atoms with Gasteiger partial charge in [-0.3, -0.25) is 14.5 Å². The zero-order valence-electron chi connectivity index (χ0n) is 19.7. The number of hydrazone groups is 1. The second-order valence-electron chi connectivity index (χ2n) is 8.81. The fourth-order valence-electron chi connectivity index (χ4n) is 4.40. The lowest BCUT2D eigenvalue weighted by Crippen LogP contribution is -2.51. The lowest BCUT2D eigenvalue weighted by atomic mass is 10.1. The van der Waals surface area contributed by atoms with Crippen LogP contribution < -0.4 is 0 Å². The zero-order chi connectivity index (χ0) is 24.2. The maximum Gasteiger partial charge on any atom is 0.270 e. The van der Waals surface area contributed by atoms with E-state index in [2.05, 4.69) is 20.1 Å². The van der Waals surface area contributed by atoms with Crippen molar-refractivity contribution in [1.82, 2.24) is 24.9 Å². The molecule has 3 aromatic rings. The molecule has 0 aliphatic carbocycles. The predicted molar refractivity (Wildman–Crippen MR) is 130 cm³/mol. The Balaban J connectivity index is 1.19. The van der Waals surface area contributed by atoms with Gasteiger partial charge < -0.3 is 9.42 Å². The summed E-state index contributed by atoms with van der Waals surface area (Å²) in [6, 6.07) is 19.4. The normalized spacial score (nSPS) is 17.9. The highest BCUT2D eigenvalue weighted by Gasteiger charge is 2.31. The number of amides is 2. The van der Waals surface area contributed by atoms with Crippen LogP contribution in [0.4, 0.5) is 0 Å². The second kappa shape index (κ2) is 10.2.